The predicted octanol–water partition coefficient (Wildman–Crippen LogP) is 4.14. The molecule has 1 amide bonds. The van der Waals surface area contributed by atoms with E-state index in [-0.39, 0.29) is 11.6 Å². The zero-order valence-corrected chi connectivity index (χ0v) is 13.4. The Morgan fingerprint density at radius 2 is 2.05 bits per heavy atom. The van der Waals surface area contributed by atoms with E-state index in [4.69, 9.17) is 0 Å². The zero-order chi connectivity index (χ0) is 15.9. The number of nitrogens with zero attached hydrogens (tertiary/aromatic N) is 2. The number of aromatic nitrogens is 1. The number of benzene rings is 1. The summed E-state index contributed by atoms with van der Waals surface area (Å²) in [6.45, 7) is 3.56. The van der Waals surface area contributed by atoms with Crippen LogP contribution < -0.4 is 5.32 Å². The molecule has 1 N–H and O–H groups in total. The minimum Gasteiger partial charge on any atom is -0.321 e. The number of rotatable bonds is 3. The summed E-state index contributed by atoms with van der Waals surface area (Å²) in [5, 5.41) is 14.6. The Hall–Kier alpha value is -2.32. The van der Waals surface area contributed by atoms with Crippen molar-refractivity contribution < 1.29 is 9.72 Å². The Balaban J connectivity index is 1.86. The maximum Gasteiger partial charge on any atom is 0.283 e. The third kappa shape index (κ3) is 2.70. The Labute approximate surface area is 133 Å². The van der Waals surface area contributed by atoms with Gasteiger partial charge in [-0.2, -0.15) is 0 Å². The molecule has 8 heteroatoms. The molecule has 0 fully saturated rings. The molecule has 0 unspecified atom stereocenters. The third-order valence-electron chi connectivity index (χ3n) is 3.07. The fourth-order valence-electron chi connectivity index (χ4n) is 2.08. The van der Waals surface area contributed by atoms with Crippen molar-refractivity contribution in [2.24, 2.45) is 0 Å². The van der Waals surface area contributed by atoms with Gasteiger partial charge in [-0.25, -0.2) is 4.98 Å². The average Bonchev–Trinajstić information content (AvgIpc) is 3.00. The number of carbonyl (C=O) groups excluding carboxylic acids is 1. The molecule has 0 aliphatic carbocycles. The highest BCUT2D eigenvalue weighted by molar-refractivity contribution is 7.18. The normalized spacial score (nSPS) is 10.8. The number of hydrogen-bond acceptors (Lipinski definition) is 6. The van der Waals surface area contributed by atoms with Crippen LogP contribution in [0.2, 0.25) is 0 Å². The lowest BCUT2D eigenvalue weighted by Gasteiger charge is -2.02. The maximum absolute atomic E-state index is 12.2. The number of nitrogens with one attached hydrogen (secondary N) is 1. The van der Waals surface area contributed by atoms with Crippen LogP contribution in [0.5, 0.6) is 0 Å². The first-order valence-electron chi connectivity index (χ1n) is 6.37. The molecule has 6 nitrogen and oxygen atoms in total. The Bertz CT molecular complexity index is 898. The summed E-state index contributed by atoms with van der Waals surface area (Å²) < 4.78 is 0.989. The van der Waals surface area contributed by atoms with Gasteiger partial charge in [0, 0.05) is 11.8 Å². The van der Waals surface area contributed by atoms with Crippen LogP contribution in [-0.2, 0) is 0 Å². The van der Waals surface area contributed by atoms with Crippen LogP contribution >= 0.6 is 22.7 Å². The Kier molecular flexibility index (Phi) is 3.63. The number of carbonyl (C=O) groups is 1. The minimum atomic E-state index is -0.477. The van der Waals surface area contributed by atoms with E-state index in [1.165, 1.54) is 6.07 Å². The van der Waals surface area contributed by atoms with E-state index >= 15 is 0 Å². The van der Waals surface area contributed by atoms with E-state index in [0.29, 0.717) is 15.4 Å². The molecule has 112 valence electrons. The largest absolute Gasteiger partial charge is 0.321 e. The van der Waals surface area contributed by atoms with Crippen molar-refractivity contribution >= 4 is 50.2 Å². The van der Waals surface area contributed by atoms with E-state index in [0.717, 1.165) is 26.6 Å². The third-order valence-corrected chi connectivity index (χ3v) is 5.04. The number of amides is 1. The molecular formula is C14H11N3O3S2. The fraction of sp³-hybridized carbons (Fsp3) is 0.143. The van der Waals surface area contributed by atoms with Crippen molar-refractivity contribution in [1.82, 2.24) is 4.98 Å². The van der Waals surface area contributed by atoms with Gasteiger partial charge in [0.15, 0.2) is 0 Å². The van der Waals surface area contributed by atoms with Gasteiger partial charge in [0.1, 0.15) is 0 Å². The molecule has 3 rings (SSSR count). The molecule has 0 atom stereocenters. The van der Waals surface area contributed by atoms with E-state index in [9.17, 15) is 14.9 Å². The fourth-order valence-corrected chi connectivity index (χ4v) is 3.82. The predicted molar refractivity (Wildman–Crippen MR) is 88.0 cm³/mol. The lowest BCUT2D eigenvalue weighted by Crippen LogP contribution is -2.09. The molecule has 3 aromatic rings. The molecule has 22 heavy (non-hydrogen) atoms. The number of aryl methyl sites for hydroxylation is 2. The highest BCUT2D eigenvalue weighted by atomic mass is 32.1. The van der Waals surface area contributed by atoms with Crippen LogP contribution in [0.4, 0.5) is 11.4 Å². The van der Waals surface area contributed by atoms with Crippen molar-refractivity contribution in [3.63, 3.8) is 0 Å². The van der Waals surface area contributed by atoms with Gasteiger partial charge in [0.2, 0.25) is 0 Å². The number of thiazole rings is 1. The van der Waals surface area contributed by atoms with Crippen LogP contribution in [0.25, 0.3) is 10.2 Å². The number of fused-ring (bicyclic) bond motifs is 1. The molecule has 0 spiro atoms. The van der Waals surface area contributed by atoms with Gasteiger partial charge >= 0.3 is 0 Å². The Morgan fingerprint density at radius 3 is 2.73 bits per heavy atom. The van der Waals surface area contributed by atoms with E-state index in [2.05, 4.69) is 10.3 Å². The van der Waals surface area contributed by atoms with Gasteiger partial charge in [0.05, 0.1) is 29.9 Å². The summed E-state index contributed by atoms with van der Waals surface area (Å²) in [7, 11) is 0. The highest BCUT2D eigenvalue weighted by Gasteiger charge is 2.19. The quantitative estimate of drug-likeness (QED) is 0.577. The maximum atomic E-state index is 12.2. The Morgan fingerprint density at radius 1 is 1.27 bits per heavy atom. The average molecular weight is 333 g/mol. The highest BCUT2D eigenvalue weighted by Crippen LogP contribution is 2.29. The first-order chi connectivity index (χ1) is 10.4. The standard InChI is InChI=1S/C14H11N3O3S2/c1-7-11(17(19)20)6-13(21-7)14(18)16-9-3-4-10-12(5-9)22-8(2)15-10/h3-6H,1-2H3,(H,16,18). The van der Waals surface area contributed by atoms with Gasteiger partial charge in [0.25, 0.3) is 11.6 Å². The topological polar surface area (TPSA) is 85.1 Å². The van der Waals surface area contributed by atoms with Gasteiger partial charge < -0.3 is 5.32 Å². The second-order valence-corrected chi connectivity index (χ2v) is 7.17. The van der Waals surface area contributed by atoms with Crippen LogP contribution in [0, 0.1) is 24.0 Å². The lowest BCUT2D eigenvalue weighted by molar-refractivity contribution is -0.385. The van der Waals surface area contributed by atoms with Crippen LogP contribution in [-0.4, -0.2) is 15.8 Å². The summed E-state index contributed by atoms with van der Waals surface area (Å²) >= 11 is 2.66. The molecule has 0 saturated heterocycles. The van der Waals surface area contributed by atoms with Crippen molar-refractivity contribution in [3.8, 4) is 0 Å². The minimum absolute atomic E-state index is 0.0244. The number of hydrogen-bond donors (Lipinski definition) is 1. The van der Waals surface area contributed by atoms with Crippen molar-refractivity contribution in [2.75, 3.05) is 5.32 Å². The van der Waals surface area contributed by atoms with E-state index in [1.54, 1.807) is 24.3 Å². The molecule has 0 bridgehead atoms. The van der Waals surface area contributed by atoms with Gasteiger partial charge in [-0.15, -0.1) is 22.7 Å². The monoisotopic (exact) mass is 333 g/mol. The van der Waals surface area contributed by atoms with Gasteiger partial charge in [-0.3, -0.25) is 14.9 Å². The molecule has 2 aromatic heterocycles. The molecular weight excluding hydrogens is 322 g/mol. The van der Waals surface area contributed by atoms with E-state index < -0.39 is 4.92 Å². The summed E-state index contributed by atoms with van der Waals surface area (Å²) in [5.41, 5.74) is 1.52. The molecule has 0 radical (unpaired) electrons. The SMILES string of the molecule is Cc1nc2ccc(NC(=O)c3cc([N+](=O)[O-])c(C)s3)cc2s1. The van der Waals surface area contributed by atoms with Crippen LogP contribution in [0.15, 0.2) is 24.3 Å². The molecule has 0 saturated carbocycles. The molecule has 2 heterocycles. The van der Waals surface area contributed by atoms with Crippen molar-refractivity contribution in [1.29, 1.82) is 0 Å². The summed E-state index contributed by atoms with van der Waals surface area (Å²) in [4.78, 5) is 27.8. The van der Waals surface area contributed by atoms with Crippen LogP contribution in [0.3, 0.4) is 0 Å². The second kappa shape index (κ2) is 5.47. The van der Waals surface area contributed by atoms with E-state index in [1.807, 2.05) is 19.1 Å². The van der Waals surface area contributed by atoms with Crippen LogP contribution in [0.1, 0.15) is 19.6 Å². The lowest BCUT2D eigenvalue weighted by atomic mass is 10.3. The smallest absolute Gasteiger partial charge is 0.283 e. The molecule has 1 aromatic carbocycles. The summed E-state index contributed by atoms with van der Waals surface area (Å²) in [5.74, 6) is -0.346. The molecule has 0 aliphatic heterocycles. The number of nitro groups is 1. The second-order valence-electron chi connectivity index (χ2n) is 4.68. The zero-order valence-electron chi connectivity index (χ0n) is 11.7. The first-order valence-corrected chi connectivity index (χ1v) is 8.00. The summed E-state index contributed by atoms with van der Waals surface area (Å²) in [6, 6.07) is 6.78. The summed E-state index contributed by atoms with van der Waals surface area (Å²) in [6.07, 6.45) is 0. The number of anilines is 1. The van der Waals surface area contributed by atoms with Gasteiger partial charge in [-0.1, -0.05) is 0 Å². The van der Waals surface area contributed by atoms with Crippen molar-refractivity contribution in [2.45, 2.75) is 13.8 Å². The molecule has 0 aliphatic rings. The van der Waals surface area contributed by atoms with Gasteiger partial charge in [-0.05, 0) is 32.0 Å². The first kappa shape index (κ1) is 14.6. The van der Waals surface area contributed by atoms with Crippen molar-refractivity contribution in [3.05, 3.63) is 49.1 Å². The number of thiophene rings is 1.